The fourth-order valence-electron chi connectivity index (χ4n) is 3.91. The van der Waals surface area contributed by atoms with E-state index in [1.165, 1.54) is 0 Å². The van der Waals surface area contributed by atoms with Gasteiger partial charge in [-0.1, -0.05) is 66.2 Å². The highest BCUT2D eigenvalue weighted by Gasteiger charge is 2.18. The zero-order valence-electron chi connectivity index (χ0n) is 18.7. The van der Waals surface area contributed by atoms with Crippen molar-refractivity contribution in [2.45, 2.75) is 38.8 Å². The second-order valence-corrected chi connectivity index (χ2v) is 8.46. The molecule has 0 spiro atoms. The van der Waals surface area contributed by atoms with Gasteiger partial charge in [0.25, 0.3) is 0 Å². The third-order valence-corrected chi connectivity index (χ3v) is 5.84. The quantitative estimate of drug-likeness (QED) is 0.296. The lowest BCUT2D eigenvalue weighted by Crippen LogP contribution is -2.30. The summed E-state index contributed by atoms with van der Waals surface area (Å²) in [6.45, 7) is 3.37. The number of nitrogens with zero attached hydrogens (tertiary/aromatic N) is 2. The van der Waals surface area contributed by atoms with Crippen molar-refractivity contribution < 1.29 is 9.53 Å². The van der Waals surface area contributed by atoms with Gasteiger partial charge < -0.3 is 14.6 Å². The molecule has 1 aromatic heterocycles. The van der Waals surface area contributed by atoms with Crippen LogP contribution in [-0.4, -0.2) is 22.1 Å². The van der Waals surface area contributed by atoms with Crippen molar-refractivity contribution >= 4 is 28.5 Å². The van der Waals surface area contributed by atoms with E-state index in [-0.39, 0.29) is 11.9 Å². The van der Waals surface area contributed by atoms with Crippen molar-refractivity contribution in [1.82, 2.24) is 14.9 Å². The molecule has 3 aromatic carbocycles. The van der Waals surface area contributed by atoms with Gasteiger partial charge in [-0.3, -0.25) is 4.79 Å². The Bertz CT molecular complexity index is 1210. The normalized spacial score (nSPS) is 11.9. The van der Waals surface area contributed by atoms with E-state index in [1.54, 1.807) is 0 Å². The summed E-state index contributed by atoms with van der Waals surface area (Å²) in [6, 6.07) is 25.2. The predicted molar refractivity (Wildman–Crippen MR) is 133 cm³/mol. The van der Waals surface area contributed by atoms with Gasteiger partial charge in [-0.2, -0.15) is 0 Å². The molecule has 0 fully saturated rings. The minimum Gasteiger partial charge on any atom is -0.492 e. The van der Waals surface area contributed by atoms with Crippen molar-refractivity contribution in [3.63, 3.8) is 0 Å². The summed E-state index contributed by atoms with van der Waals surface area (Å²) in [5.74, 6) is 1.56. The Morgan fingerprint density at radius 1 is 1.00 bits per heavy atom. The molecule has 1 atom stereocenters. The molecule has 6 heteroatoms. The van der Waals surface area contributed by atoms with Crippen LogP contribution in [0.25, 0.3) is 11.0 Å². The van der Waals surface area contributed by atoms with Gasteiger partial charge in [-0.15, -0.1) is 0 Å². The molecule has 5 nitrogen and oxygen atoms in total. The number of aryl methyl sites for hydroxylation is 1. The van der Waals surface area contributed by atoms with Crippen LogP contribution in [-0.2, 0) is 17.8 Å². The smallest absolute Gasteiger partial charge is 0.224 e. The molecule has 170 valence electrons. The van der Waals surface area contributed by atoms with Gasteiger partial charge in [0.15, 0.2) is 0 Å². The number of rotatable bonds is 10. The largest absolute Gasteiger partial charge is 0.492 e. The molecular weight excluding hydrogens is 434 g/mol. The molecule has 1 N–H and O–H groups in total. The Morgan fingerprint density at radius 3 is 2.55 bits per heavy atom. The Balaban J connectivity index is 1.39. The Morgan fingerprint density at radius 2 is 1.73 bits per heavy atom. The third-order valence-electron chi connectivity index (χ3n) is 5.53. The van der Waals surface area contributed by atoms with E-state index in [1.807, 2.05) is 79.7 Å². The van der Waals surface area contributed by atoms with Crippen LogP contribution in [0, 0.1) is 0 Å². The SMILES string of the molecule is CC(NC(=O)Cc1ccccc1)c1nc2ccccc2n1CCCCOc1ccccc1Cl. The van der Waals surface area contributed by atoms with E-state index in [0.717, 1.165) is 41.8 Å². The standard InChI is InChI=1S/C27H28ClN3O2/c1-20(29-26(32)19-21-11-3-2-4-12-21)27-30-23-14-6-7-15-24(23)31(27)17-9-10-18-33-25-16-8-5-13-22(25)28/h2-8,11-16,20H,9-10,17-19H2,1H3,(H,29,32). The second kappa shape index (κ2) is 11.0. The van der Waals surface area contributed by atoms with E-state index >= 15 is 0 Å². The van der Waals surface area contributed by atoms with Crippen LogP contribution in [0.1, 0.15) is 37.2 Å². The maximum absolute atomic E-state index is 12.6. The number of amides is 1. The molecule has 0 aliphatic carbocycles. The molecule has 0 aliphatic heterocycles. The summed E-state index contributed by atoms with van der Waals surface area (Å²) >= 11 is 6.16. The summed E-state index contributed by atoms with van der Waals surface area (Å²) in [5, 5.41) is 3.74. The topological polar surface area (TPSA) is 56.2 Å². The number of aromatic nitrogens is 2. The van der Waals surface area contributed by atoms with E-state index < -0.39 is 0 Å². The number of carbonyl (C=O) groups is 1. The van der Waals surface area contributed by atoms with Crippen LogP contribution < -0.4 is 10.1 Å². The van der Waals surface area contributed by atoms with Gasteiger partial charge in [0.05, 0.1) is 35.1 Å². The molecular formula is C27H28ClN3O2. The van der Waals surface area contributed by atoms with Gasteiger partial charge in [0.2, 0.25) is 5.91 Å². The molecule has 0 saturated heterocycles. The van der Waals surface area contributed by atoms with Gasteiger partial charge in [-0.25, -0.2) is 4.98 Å². The van der Waals surface area contributed by atoms with Crippen LogP contribution >= 0.6 is 11.6 Å². The zero-order valence-corrected chi connectivity index (χ0v) is 19.5. The number of unbranched alkanes of at least 4 members (excludes halogenated alkanes) is 1. The van der Waals surface area contributed by atoms with E-state index in [0.29, 0.717) is 23.8 Å². The van der Waals surface area contributed by atoms with Crippen LogP contribution in [0.5, 0.6) is 5.75 Å². The first kappa shape index (κ1) is 22.9. The fraction of sp³-hybridized carbons (Fsp3) is 0.259. The first-order valence-electron chi connectivity index (χ1n) is 11.3. The zero-order chi connectivity index (χ0) is 23.0. The number of nitrogens with one attached hydrogen (secondary N) is 1. The highest BCUT2D eigenvalue weighted by molar-refractivity contribution is 6.32. The third kappa shape index (κ3) is 5.93. The van der Waals surface area contributed by atoms with Crippen LogP contribution in [0.3, 0.4) is 0 Å². The Kier molecular flexibility index (Phi) is 7.63. The molecule has 1 unspecified atom stereocenters. The van der Waals surface area contributed by atoms with Crippen LogP contribution in [0.4, 0.5) is 0 Å². The Labute approximate surface area is 199 Å². The molecule has 4 aromatic rings. The van der Waals surface area contributed by atoms with Crippen molar-refractivity contribution in [2.75, 3.05) is 6.61 Å². The fourth-order valence-corrected chi connectivity index (χ4v) is 4.10. The molecule has 1 amide bonds. The van der Waals surface area contributed by atoms with Gasteiger partial charge in [0.1, 0.15) is 11.6 Å². The van der Waals surface area contributed by atoms with E-state index in [2.05, 4.69) is 16.0 Å². The molecule has 4 rings (SSSR count). The summed E-state index contributed by atoms with van der Waals surface area (Å²) in [6.07, 6.45) is 2.15. The number of fused-ring (bicyclic) bond motifs is 1. The highest BCUT2D eigenvalue weighted by Crippen LogP contribution is 2.24. The van der Waals surface area contributed by atoms with E-state index in [9.17, 15) is 4.79 Å². The number of halogens is 1. The molecule has 0 radical (unpaired) electrons. The lowest BCUT2D eigenvalue weighted by molar-refractivity contribution is -0.121. The summed E-state index contributed by atoms with van der Waals surface area (Å²) in [4.78, 5) is 17.4. The van der Waals surface area contributed by atoms with Crippen molar-refractivity contribution in [3.8, 4) is 5.75 Å². The molecule has 33 heavy (non-hydrogen) atoms. The average Bonchev–Trinajstić information content (AvgIpc) is 3.19. The van der Waals surface area contributed by atoms with Crippen molar-refractivity contribution in [3.05, 3.63) is 95.3 Å². The minimum atomic E-state index is -0.201. The lowest BCUT2D eigenvalue weighted by atomic mass is 10.1. The summed E-state index contributed by atoms with van der Waals surface area (Å²) < 4.78 is 8.02. The minimum absolute atomic E-state index is 0.0135. The predicted octanol–water partition coefficient (Wildman–Crippen LogP) is 5.97. The first-order valence-corrected chi connectivity index (χ1v) is 11.7. The molecule has 0 aliphatic rings. The molecule has 0 saturated carbocycles. The number of imidazole rings is 1. The monoisotopic (exact) mass is 461 g/mol. The van der Waals surface area contributed by atoms with Gasteiger partial charge in [0, 0.05) is 6.54 Å². The molecule has 0 bridgehead atoms. The summed E-state index contributed by atoms with van der Waals surface area (Å²) in [7, 11) is 0. The number of ether oxygens (including phenoxy) is 1. The van der Waals surface area contributed by atoms with Crippen LogP contribution in [0.2, 0.25) is 5.02 Å². The van der Waals surface area contributed by atoms with Crippen molar-refractivity contribution in [2.24, 2.45) is 0 Å². The number of hydrogen-bond donors (Lipinski definition) is 1. The number of para-hydroxylation sites is 3. The lowest BCUT2D eigenvalue weighted by Gasteiger charge is -2.17. The first-order chi connectivity index (χ1) is 16.1. The van der Waals surface area contributed by atoms with Gasteiger partial charge >= 0.3 is 0 Å². The van der Waals surface area contributed by atoms with Crippen molar-refractivity contribution in [1.29, 1.82) is 0 Å². The Hall–Kier alpha value is -3.31. The number of benzene rings is 3. The maximum Gasteiger partial charge on any atom is 0.224 e. The van der Waals surface area contributed by atoms with E-state index in [4.69, 9.17) is 21.3 Å². The second-order valence-electron chi connectivity index (χ2n) is 8.05. The number of hydrogen-bond acceptors (Lipinski definition) is 3. The highest BCUT2D eigenvalue weighted by atomic mass is 35.5. The maximum atomic E-state index is 12.6. The van der Waals surface area contributed by atoms with Crippen LogP contribution in [0.15, 0.2) is 78.9 Å². The average molecular weight is 462 g/mol. The summed E-state index contributed by atoms with van der Waals surface area (Å²) in [5.41, 5.74) is 3.00. The molecule has 1 heterocycles. The van der Waals surface area contributed by atoms with Gasteiger partial charge in [-0.05, 0) is 49.6 Å². The number of carbonyl (C=O) groups excluding carboxylic acids is 1.